The number of piperidine rings is 1. The fourth-order valence-electron chi connectivity index (χ4n) is 3.71. The zero-order chi connectivity index (χ0) is 12.7. The van der Waals surface area contributed by atoms with Crippen LogP contribution in [0.25, 0.3) is 11.1 Å². The van der Waals surface area contributed by atoms with Crippen LogP contribution < -0.4 is 5.32 Å². The molecule has 0 spiro atoms. The Balaban J connectivity index is 1.75. The van der Waals surface area contributed by atoms with Gasteiger partial charge in [0.05, 0.1) is 0 Å². The molecule has 2 aromatic carbocycles. The van der Waals surface area contributed by atoms with Crippen LogP contribution in [-0.2, 0) is 6.42 Å². The van der Waals surface area contributed by atoms with Gasteiger partial charge in [0.25, 0.3) is 0 Å². The highest BCUT2D eigenvalue weighted by molar-refractivity contribution is 5.65. The molecule has 0 aromatic heterocycles. The number of rotatable bonds is 1. The Hall–Kier alpha value is -1.60. The van der Waals surface area contributed by atoms with Crippen molar-refractivity contribution in [1.82, 2.24) is 5.32 Å². The highest BCUT2D eigenvalue weighted by Gasteiger charge is 2.33. The monoisotopic (exact) mass is 249 g/mol. The number of nitrogens with one attached hydrogen (secondary N) is 1. The van der Waals surface area contributed by atoms with E-state index in [1.165, 1.54) is 36.9 Å². The van der Waals surface area contributed by atoms with Crippen molar-refractivity contribution in [1.29, 1.82) is 0 Å². The van der Waals surface area contributed by atoms with Gasteiger partial charge in [-0.15, -0.1) is 0 Å². The van der Waals surface area contributed by atoms with Gasteiger partial charge in [-0.3, -0.25) is 0 Å². The Morgan fingerprint density at radius 1 is 0.947 bits per heavy atom. The minimum absolute atomic E-state index is 0.690. The first kappa shape index (κ1) is 11.2. The van der Waals surface area contributed by atoms with Gasteiger partial charge in [0.15, 0.2) is 0 Å². The lowest BCUT2D eigenvalue weighted by atomic mass is 9.89. The molecule has 2 unspecified atom stereocenters. The summed E-state index contributed by atoms with van der Waals surface area (Å²) in [4.78, 5) is 0. The molecule has 0 radical (unpaired) electrons. The third-order valence-electron chi connectivity index (χ3n) is 4.68. The van der Waals surface area contributed by atoms with Gasteiger partial charge in [-0.2, -0.15) is 0 Å². The Labute approximate surface area is 114 Å². The lowest BCUT2D eigenvalue weighted by molar-refractivity contribution is 0.372. The van der Waals surface area contributed by atoms with E-state index in [0.29, 0.717) is 6.04 Å². The number of fused-ring (bicyclic) bond motifs is 3. The fourth-order valence-corrected chi connectivity index (χ4v) is 3.71. The lowest BCUT2D eigenvalue weighted by Gasteiger charge is -2.27. The molecule has 0 bridgehead atoms. The normalized spacial score (nSPS) is 24.8. The highest BCUT2D eigenvalue weighted by Crippen LogP contribution is 2.40. The maximum absolute atomic E-state index is 3.69. The number of benzene rings is 2. The van der Waals surface area contributed by atoms with Crippen molar-refractivity contribution in [3.05, 3.63) is 59.7 Å². The SMILES string of the molecule is c1ccc(-c2ccc3c(c2)C2CCCNC2C3)cc1. The number of hydrogen-bond acceptors (Lipinski definition) is 1. The molecule has 19 heavy (non-hydrogen) atoms. The van der Waals surface area contributed by atoms with Crippen LogP contribution in [0.15, 0.2) is 48.5 Å². The molecule has 1 nitrogen and oxygen atoms in total. The molecule has 1 aliphatic heterocycles. The summed E-state index contributed by atoms with van der Waals surface area (Å²) in [5, 5.41) is 3.69. The molecule has 0 amide bonds. The van der Waals surface area contributed by atoms with Crippen LogP contribution in [0, 0.1) is 0 Å². The summed E-state index contributed by atoms with van der Waals surface area (Å²) in [6.45, 7) is 1.20. The third-order valence-corrected chi connectivity index (χ3v) is 4.68. The molecule has 1 heterocycles. The van der Waals surface area contributed by atoms with Gasteiger partial charge in [-0.05, 0) is 54.0 Å². The summed E-state index contributed by atoms with van der Waals surface area (Å²) >= 11 is 0. The molecular formula is C18H19N. The predicted molar refractivity (Wildman–Crippen MR) is 79.3 cm³/mol. The van der Waals surface area contributed by atoms with Crippen molar-refractivity contribution in [3.8, 4) is 11.1 Å². The van der Waals surface area contributed by atoms with E-state index >= 15 is 0 Å². The van der Waals surface area contributed by atoms with Crippen molar-refractivity contribution in [2.75, 3.05) is 6.54 Å². The van der Waals surface area contributed by atoms with Crippen molar-refractivity contribution in [2.45, 2.75) is 31.2 Å². The average Bonchev–Trinajstić information content (AvgIpc) is 2.86. The fraction of sp³-hybridized carbons (Fsp3) is 0.333. The van der Waals surface area contributed by atoms with Crippen LogP contribution in [0.4, 0.5) is 0 Å². The van der Waals surface area contributed by atoms with E-state index in [1.807, 2.05) is 0 Å². The predicted octanol–water partition coefficient (Wildman–Crippen LogP) is 3.75. The lowest BCUT2D eigenvalue weighted by Crippen LogP contribution is -2.37. The zero-order valence-electron chi connectivity index (χ0n) is 11.1. The molecule has 1 fully saturated rings. The zero-order valence-corrected chi connectivity index (χ0v) is 11.1. The summed E-state index contributed by atoms with van der Waals surface area (Å²) in [7, 11) is 0. The second-order valence-corrected chi connectivity index (χ2v) is 5.79. The molecule has 0 saturated carbocycles. The molecule has 4 rings (SSSR count). The second-order valence-electron chi connectivity index (χ2n) is 5.79. The van der Waals surface area contributed by atoms with Gasteiger partial charge < -0.3 is 5.32 Å². The Kier molecular flexibility index (Phi) is 2.66. The topological polar surface area (TPSA) is 12.0 Å². The second kappa shape index (κ2) is 4.50. The van der Waals surface area contributed by atoms with Crippen molar-refractivity contribution in [3.63, 3.8) is 0 Å². The van der Waals surface area contributed by atoms with Gasteiger partial charge in [-0.25, -0.2) is 0 Å². The molecule has 2 atom stereocenters. The van der Waals surface area contributed by atoms with Crippen molar-refractivity contribution >= 4 is 0 Å². The highest BCUT2D eigenvalue weighted by atomic mass is 14.9. The molecule has 1 heteroatoms. The summed E-state index contributed by atoms with van der Waals surface area (Å²) in [5.74, 6) is 0.743. The van der Waals surface area contributed by atoms with Crippen molar-refractivity contribution < 1.29 is 0 Å². The van der Waals surface area contributed by atoms with Crippen LogP contribution in [0.3, 0.4) is 0 Å². The molecular weight excluding hydrogens is 230 g/mol. The van der Waals surface area contributed by atoms with E-state index in [1.54, 1.807) is 11.1 Å². The summed E-state index contributed by atoms with van der Waals surface area (Å²) in [6.07, 6.45) is 3.88. The minimum atomic E-state index is 0.690. The average molecular weight is 249 g/mol. The van der Waals surface area contributed by atoms with Crippen LogP contribution in [-0.4, -0.2) is 12.6 Å². The summed E-state index contributed by atoms with van der Waals surface area (Å²) in [5.41, 5.74) is 5.85. The Bertz CT molecular complexity index is 588. The van der Waals surface area contributed by atoms with E-state index in [4.69, 9.17) is 0 Å². The van der Waals surface area contributed by atoms with E-state index in [9.17, 15) is 0 Å². The van der Waals surface area contributed by atoms with E-state index in [-0.39, 0.29) is 0 Å². The maximum Gasteiger partial charge on any atom is 0.0176 e. The number of hydrogen-bond donors (Lipinski definition) is 1. The van der Waals surface area contributed by atoms with Crippen molar-refractivity contribution in [2.24, 2.45) is 0 Å². The Morgan fingerprint density at radius 3 is 2.74 bits per heavy atom. The first-order valence-electron chi connectivity index (χ1n) is 7.33. The molecule has 1 saturated heterocycles. The maximum atomic E-state index is 3.69. The molecule has 2 aromatic rings. The molecule has 96 valence electrons. The molecule has 1 N–H and O–H groups in total. The van der Waals surface area contributed by atoms with E-state index in [0.717, 1.165) is 5.92 Å². The van der Waals surface area contributed by atoms with Crippen LogP contribution >= 0.6 is 0 Å². The first-order valence-corrected chi connectivity index (χ1v) is 7.33. The standard InChI is InChI=1S/C18H19N/c1-2-5-13(6-3-1)14-8-9-15-12-18-16(17(15)11-14)7-4-10-19-18/h1-3,5-6,8-9,11,16,18-19H,4,7,10,12H2. The third kappa shape index (κ3) is 1.89. The Morgan fingerprint density at radius 2 is 1.84 bits per heavy atom. The first-order chi connectivity index (χ1) is 9.42. The smallest absolute Gasteiger partial charge is 0.0176 e. The van der Waals surface area contributed by atoms with Gasteiger partial charge in [0.2, 0.25) is 0 Å². The van der Waals surface area contributed by atoms with Gasteiger partial charge in [0, 0.05) is 6.04 Å². The van der Waals surface area contributed by atoms with Crippen LogP contribution in [0.1, 0.15) is 29.9 Å². The quantitative estimate of drug-likeness (QED) is 0.811. The van der Waals surface area contributed by atoms with E-state index in [2.05, 4.69) is 53.8 Å². The largest absolute Gasteiger partial charge is 0.313 e. The van der Waals surface area contributed by atoms with Crippen LogP contribution in [0.5, 0.6) is 0 Å². The molecule has 2 aliphatic rings. The van der Waals surface area contributed by atoms with E-state index < -0.39 is 0 Å². The van der Waals surface area contributed by atoms with Gasteiger partial charge >= 0.3 is 0 Å². The summed E-state index contributed by atoms with van der Waals surface area (Å²) in [6, 6.07) is 18.5. The van der Waals surface area contributed by atoms with Crippen LogP contribution in [0.2, 0.25) is 0 Å². The molecule has 1 aliphatic carbocycles. The van der Waals surface area contributed by atoms with Gasteiger partial charge in [0.1, 0.15) is 0 Å². The summed E-state index contributed by atoms with van der Waals surface area (Å²) < 4.78 is 0. The van der Waals surface area contributed by atoms with Gasteiger partial charge in [-0.1, -0.05) is 48.5 Å². The minimum Gasteiger partial charge on any atom is -0.313 e.